The number of carbonyl (C=O) groups excluding carboxylic acids is 2. The first-order valence-corrected chi connectivity index (χ1v) is 22.6. The molecule has 62 heavy (non-hydrogen) atoms. The third-order valence-corrected chi connectivity index (χ3v) is 12.6. The molecule has 6 rings (SSSR count). The molecule has 2 amide bonds. The Morgan fingerprint density at radius 2 is 1.37 bits per heavy atom. The average molecular weight is 908 g/mol. The summed E-state index contributed by atoms with van der Waals surface area (Å²) in [5, 5.41) is 20.3. The van der Waals surface area contributed by atoms with E-state index in [1.165, 1.54) is 16.2 Å². The molecule has 0 unspecified atom stereocenters. The number of hydrogen-bond acceptors (Lipinski definition) is 14. The SMILES string of the molecule is Cc1nc(NC(=O)c2cccc(NCCOCCOCCOCCOCCOCCNC(=O)C[C@@H]3N=C(c4ccc(Cl)cc4)c4c(sc(C)c4C)-n4c(C)nnc43)c2C)sc1C. The van der Waals surface area contributed by atoms with Gasteiger partial charge in [-0.1, -0.05) is 29.8 Å². The van der Waals surface area contributed by atoms with Gasteiger partial charge in [0.2, 0.25) is 5.91 Å². The molecule has 3 N–H and O–H groups in total. The van der Waals surface area contributed by atoms with Crippen molar-refractivity contribution >= 4 is 62.6 Å². The minimum absolute atomic E-state index is 0.108. The highest BCUT2D eigenvalue weighted by atomic mass is 35.5. The van der Waals surface area contributed by atoms with Crippen molar-refractivity contribution in [3.63, 3.8) is 0 Å². The number of benzene rings is 2. The van der Waals surface area contributed by atoms with Crippen LogP contribution in [0.1, 0.15) is 72.2 Å². The van der Waals surface area contributed by atoms with Crippen LogP contribution < -0.4 is 16.0 Å². The molecule has 0 radical (unpaired) electrons. The topological polar surface area (TPSA) is 172 Å². The van der Waals surface area contributed by atoms with E-state index in [-0.39, 0.29) is 18.2 Å². The Morgan fingerprint density at radius 1 is 0.742 bits per heavy atom. The largest absolute Gasteiger partial charge is 0.382 e. The molecule has 0 spiro atoms. The maximum Gasteiger partial charge on any atom is 0.257 e. The number of nitrogens with zero attached hydrogens (tertiary/aromatic N) is 5. The number of anilines is 2. The van der Waals surface area contributed by atoms with Crippen LogP contribution in [-0.2, 0) is 28.5 Å². The fourth-order valence-corrected chi connectivity index (χ4v) is 8.80. The lowest BCUT2D eigenvalue weighted by Crippen LogP contribution is -2.29. The molecule has 2 aromatic carbocycles. The minimum Gasteiger partial charge on any atom is -0.382 e. The van der Waals surface area contributed by atoms with Gasteiger partial charge in [-0.05, 0) is 76.9 Å². The van der Waals surface area contributed by atoms with Gasteiger partial charge in [0.1, 0.15) is 16.9 Å². The van der Waals surface area contributed by atoms with Gasteiger partial charge in [-0.25, -0.2) is 4.98 Å². The molecule has 0 fully saturated rings. The Morgan fingerprint density at radius 3 is 2.00 bits per heavy atom. The second-order valence-electron chi connectivity index (χ2n) is 14.5. The third-order valence-electron chi connectivity index (χ3n) is 10.2. The van der Waals surface area contributed by atoms with Crippen LogP contribution in [0.3, 0.4) is 0 Å². The first-order valence-electron chi connectivity index (χ1n) is 20.6. The van der Waals surface area contributed by atoms with Crippen LogP contribution in [0, 0.1) is 41.5 Å². The van der Waals surface area contributed by atoms with Gasteiger partial charge in [0.05, 0.1) is 83.9 Å². The molecule has 1 atom stereocenters. The molecule has 0 saturated carbocycles. The van der Waals surface area contributed by atoms with Crippen molar-refractivity contribution in [2.24, 2.45) is 4.99 Å². The van der Waals surface area contributed by atoms with Crippen LogP contribution in [0.2, 0.25) is 5.02 Å². The number of thiophene rings is 1. The summed E-state index contributed by atoms with van der Waals surface area (Å²) in [7, 11) is 0. The van der Waals surface area contributed by atoms with Crippen LogP contribution in [0.15, 0.2) is 47.5 Å². The fraction of sp³-hybridized carbons (Fsp3) is 0.455. The Balaban J connectivity index is 0.777. The minimum atomic E-state index is -0.537. The summed E-state index contributed by atoms with van der Waals surface area (Å²) in [6.45, 7) is 17.2. The van der Waals surface area contributed by atoms with E-state index >= 15 is 0 Å². The summed E-state index contributed by atoms with van der Waals surface area (Å²) in [6, 6.07) is 12.7. The summed E-state index contributed by atoms with van der Waals surface area (Å²) < 4.78 is 30.2. The predicted molar refractivity (Wildman–Crippen MR) is 244 cm³/mol. The quantitative estimate of drug-likeness (QED) is 0.0538. The second-order valence-corrected chi connectivity index (χ2v) is 17.4. The van der Waals surface area contributed by atoms with Gasteiger partial charge in [-0.3, -0.25) is 24.5 Å². The van der Waals surface area contributed by atoms with Gasteiger partial charge in [0.25, 0.3) is 5.91 Å². The summed E-state index contributed by atoms with van der Waals surface area (Å²) in [6.07, 6.45) is 0.108. The standard InChI is InChI=1S/C44H55ClN8O7S2/c1-27-30(4)61-43-39(27)40(33-10-12-34(45)13-11-33)49-37(41-52-51-32(6)53(41)43)26-38(54)47-15-17-57-19-21-59-23-25-60-24-22-58-20-18-56-16-14-46-36-9-7-8-35(28(36)2)42(55)50-44-48-29(3)31(5)62-44/h7-13,37,46H,14-26H2,1-6H3,(H,47,54)(H,48,50,55)/t37-/m0/s1. The van der Waals surface area contributed by atoms with Gasteiger partial charge in [0, 0.05) is 50.2 Å². The maximum atomic E-state index is 13.2. The number of hydrogen-bond donors (Lipinski definition) is 3. The van der Waals surface area contributed by atoms with Crippen molar-refractivity contribution < 1.29 is 33.3 Å². The number of aromatic nitrogens is 4. The van der Waals surface area contributed by atoms with E-state index in [4.69, 9.17) is 40.3 Å². The molecule has 1 aliphatic heterocycles. The molecule has 332 valence electrons. The number of nitrogens with one attached hydrogen (secondary N) is 3. The predicted octanol–water partition coefficient (Wildman–Crippen LogP) is 7.14. The monoisotopic (exact) mass is 906 g/mol. The molecule has 3 aromatic heterocycles. The highest BCUT2D eigenvalue weighted by Crippen LogP contribution is 2.39. The van der Waals surface area contributed by atoms with E-state index in [9.17, 15) is 9.59 Å². The van der Waals surface area contributed by atoms with Crippen LogP contribution >= 0.6 is 34.3 Å². The first kappa shape index (κ1) is 46.9. The summed E-state index contributed by atoms with van der Waals surface area (Å²) in [5.74, 6) is 1.04. The van der Waals surface area contributed by atoms with Gasteiger partial charge < -0.3 is 34.3 Å². The van der Waals surface area contributed by atoms with Crippen LogP contribution in [0.5, 0.6) is 0 Å². The Kier molecular flexibility index (Phi) is 17.5. The molecular formula is C44H55ClN8O7S2. The number of aliphatic imine (C=N–C) groups is 1. The summed E-state index contributed by atoms with van der Waals surface area (Å²) in [5.41, 5.74) is 7.16. The Bertz CT molecular complexity index is 2290. The highest BCUT2D eigenvalue weighted by Gasteiger charge is 2.32. The van der Waals surface area contributed by atoms with Crippen LogP contribution in [-0.4, -0.2) is 116 Å². The second kappa shape index (κ2) is 23.2. The van der Waals surface area contributed by atoms with Gasteiger partial charge in [0.15, 0.2) is 11.0 Å². The van der Waals surface area contributed by atoms with Crippen molar-refractivity contribution in [2.75, 3.05) is 89.8 Å². The summed E-state index contributed by atoms with van der Waals surface area (Å²) in [4.78, 5) is 37.9. The number of fused-ring (bicyclic) bond motifs is 3. The van der Waals surface area contributed by atoms with Crippen LogP contribution in [0.4, 0.5) is 10.8 Å². The first-order chi connectivity index (χ1) is 30.0. The highest BCUT2D eigenvalue weighted by molar-refractivity contribution is 7.16. The normalized spacial score (nSPS) is 13.3. The van der Waals surface area contributed by atoms with Crippen molar-refractivity contribution in [3.8, 4) is 5.00 Å². The number of carbonyl (C=O) groups is 2. The van der Waals surface area contributed by atoms with E-state index in [2.05, 4.69) is 45.0 Å². The Hall–Kier alpha value is -4.59. The van der Waals surface area contributed by atoms with Crippen molar-refractivity contribution in [1.82, 2.24) is 25.1 Å². The lowest BCUT2D eigenvalue weighted by Gasteiger charge is -2.13. The van der Waals surface area contributed by atoms with E-state index in [1.54, 1.807) is 11.3 Å². The molecule has 0 bridgehead atoms. The van der Waals surface area contributed by atoms with Gasteiger partial charge >= 0.3 is 0 Å². The number of ether oxygens (including phenoxy) is 5. The molecule has 15 nitrogen and oxygen atoms in total. The van der Waals surface area contributed by atoms with E-state index < -0.39 is 6.04 Å². The maximum absolute atomic E-state index is 13.2. The van der Waals surface area contributed by atoms with Crippen molar-refractivity contribution in [2.45, 2.75) is 54.0 Å². The van der Waals surface area contributed by atoms with Crippen LogP contribution in [0.25, 0.3) is 5.00 Å². The zero-order chi connectivity index (χ0) is 44.0. The molecule has 5 aromatic rings. The number of thiazole rings is 1. The lowest BCUT2D eigenvalue weighted by atomic mass is 9.99. The van der Waals surface area contributed by atoms with Crippen molar-refractivity contribution in [3.05, 3.63) is 102 Å². The number of halogens is 1. The molecule has 1 aliphatic rings. The molecule has 0 aliphatic carbocycles. The Labute approximate surface area is 375 Å². The smallest absolute Gasteiger partial charge is 0.257 e. The van der Waals surface area contributed by atoms with E-state index in [1.807, 2.05) is 74.7 Å². The van der Waals surface area contributed by atoms with E-state index in [0.29, 0.717) is 101 Å². The zero-order valence-corrected chi connectivity index (χ0v) is 38.5. The summed E-state index contributed by atoms with van der Waals surface area (Å²) >= 11 is 9.36. The fourth-order valence-electron chi connectivity index (χ4n) is 6.65. The molecule has 0 saturated heterocycles. The van der Waals surface area contributed by atoms with Crippen molar-refractivity contribution in [1.29, 1.82) is 0 Å². The van der Waals surface area contributed by atoms with E-state index in [0.717, 1.165) is 55.0 Å². The third kappa shape index (κ3) is 12.5. The number of rotatable bonds is 24. The zero-order valence-electron chi connectivity index (χ0n) is 36.1. The van der Waals surface area contributed by atoms with Gasteiger partial charge in [-0.15, -0.1) is 32.9 Å². The number of aryl methyl sites for hydroxylation is 4. The molecule has 4 heterocycles. The molecule has 18 heteroatoms. The van der Waals surface area contributed by atoms with Gasteiger partial charge in [-0.2, -0.15) is 0 Å². The average Bonchev–Trinajstić information content (AvgIpc) is 3.86. The molecular weight excluding hydrogens is 852 g/mol. The lowest BCUT2D eigenvalue weighted by molar-refractivity contribution is -0.121. The number of amides is 2.